The van der Waals surface area contributed by atoms with Crippen LogP contribution in [0.15, 0.2) is 12.1 Å². The molecule has 18 heavy (non-hydrogen) atoms. The van der Waals surface area contributed by atoms with E-state index in [0.717, 1.165) is 0 Å². The Morgan fingerprint density at radius 2 is 1.72 bits per heavy atom. The Bertz CT molecular complexity index is 471. The number of anilines is 1. The van der Waals surface area contributed by atoms with E-state index in [1.54, 1.807) is 0 Å². The van der Waals surface area contributed by atoms with E-state index in [1.807, 2.05) is 0 Å². The Kier molecular flexibility index (Phi) is 4.69. The SMILES string of the molecule is C#CCNc1cc(C(=O)NC)nc(C(=O)NC)c1. The van der Waals surface area contributed by atoms with Crippen molar-refractivity contribution in [2.75, 3.05) is 26.0 Å². The Morgan fingerprint density at radius 1 is 1.22 bits per heavy atom. The molecule has 0 bridgehead atoms. The second kappa shape index (κ2) is 6.25. The topological polar surface area (TPSA) is 83.1 Å². The number of pyridine rings is 1. The number of carbonyl (C=O) groups is 2. The fraction of sp³-hybridized carbons (Fsp3) is 0.250. The third kappa shape index (κ3) is 3.22. The van der Waals surface area contributed by atoms with Gasteiger partial charge in [0.15, 0.2) is 0 Å². The fourth-order valence-electron chi connectivity index (χ4n) is 1.27. The first-order chi connectivity index (χ1) is 8.62. The molecule has 6 nitrogen and oxygen atoms in total. The third-order valence-corrected chi connectivity index (χ3v) is 2.14. The average Bonchev–Trinajstić information content (AvgIpc) is 2.42. The molecule has 0 aliphatic rings. The zero-order valence-corrected chi connectivity index (χ0v) is 10.2. The van der Waals surface area contributed by atoms with Gasteiger partial charge in [-0.05, 0) is 12.1 Å². The normalized spacial score (nSPS) is 9.17. The van der Waals surface area contributed by atoms with Gasteiger partial charge in [0.1, 0.15) is 11.4 Å². The maximum atomic E-state index is 11.5. The number of amides is 2. The molecule has 1 rings (SSSR count). The van der Waals surface area contributed by atoms with Crippen LogP contribution in [0.1, 0.15) is 21.0 Å². The van der Waals surface area contributed by atoms with Gasteiger partial charge < -0.3 is 16.0 Å². The van der Waals surface area contributed by atoms with Crippen molar-refractivity contribution in [3.8, 4) is 12.3 Å². The van der Waals surface area contributed by atoms with Crippen LogP contribution in [0.4, 0.5) is 5.69 Å². The van der Waals surface area contributed by atoms with Gasteiger partial charge in [-0.15, -0.1) is 6.42 Å². The van der Waals surface area contributed by atoms with Crippen molar-refractivity contribution in [1.82, 2.24) is 15.6 Å². The summed E-state index contributed by atoms with van der Waals surface area (Å²) in [5.74, 6) is 1.67. The monoisotopic (exact) mass is 246 g/mol. The number of aromatic nitrogens is 1. The van der Waals surface area contributed by atoms with Crippen molar-refractivity contribution in [2.24, 2.45) is 0 Å². The first-order valence-electron chi connectivity index (χ1n) is 5.26. The molecule has 1 aromatic rings. The average molecular weight is 246 g/mol. The summed E-state index contributed by atoms with van der Waals surface area (Å²) in [4.78, 5) is 27.0. The van der Waals surface area contributed by atoms with Crippen LogP contribution in [-0.2, 0) is 0 Å². The molecule has 0 unspecified atom stereocenters. The second-order valence-electron chi connectivity index (χ2n) is 3.34. The number of terminal acetylenes is 1. The first-order valence-corrected chi connectivity index (χ1v) is 5.26. The molecular weight excluding hydrogens is 232 g/mol. The van der Waals surface area contributed by atoms with Crippen LogP contribution in [0, 0.1) is 12.3 Å². The molecule has 94 valence electrons. The van der Waals surface area contributed by atoms with Crippen molar-refractivity contribution < 1.29 is 9.59 Å². The molecule has 6 heteroatoms. The molecule has 0 aliphatic carbocycles. The van der Waals surface area contributed by atoms with E-state index in [1.165, 1.54) is 26.2 Å². The Balaban J connectivity index is 3.16. The van der Waals surface area contributed by atoms with Crippen LogP contribution in [0.5, 0.6) is 0 Å². The highest BCUT2D eigenvalue weighted by Gasteiger charge is 2.12. The van der Waals surface area contributed by atoms with E-state index in [4.69, 9.17) is 6.42 Å². The van der Waals surface area contributed by atoms with Crippen LogP contribution in [-0.4, -0.2) is 37.4 Å². The summed E-state index contributed by atoms with van der Waals surface area (Å²) < 4.78 is 0. The zero-order valence-electron chi connectivity index (χ0n) is 10.2. The van der Waals surface area contributed by atoms with Gasteiger partial charge in [0.2, 0.25) is 0 Å². The molecule has 2 amide bonds. The molecule has 0 fully saturated rings. The number of hydrogen-bond acceptors (Lipinski definition) is 4. The molecule has 3 N–H and O–H groups in total. The predicted octanol–water partition coefficient (Wildman–Crippen LogP) is -0.154. The van der Waals surface area contributed by atoms with Crippen molar-refractivity contribution in [3.63, 3.8) is 0 Å². The second-order valence-corrected chi connectivity index (χ2v) is 3.34. The molecular formula is C12H14N4O2. The van der Waals surface area contributed by atoms with E-state index in [-0.39, 0.29) is 23.2 Å². The maximum Gasteiger partial charge on any atom is 0.269 e. The van der Waals surface area contributed by atoms with Crippen molar-refractivity contribution in [3.05, 3.63) is 23.5 Å². The molecule has 1 aromatic heterocycles. The summed E-state index contributed by atoms with van der Waals surface area (Å²) in [6.45, 7) is 0.296. The number of rotatable bonds is 4. The Hall–Kier alpha value is -2.55. The highest BCUT2D eigenvalue weighted by atomic mass is 16.2. The van der Waals surface area contributed by atoms with Crippen molar-refractivity contribution in [2.45, 2.75) is 0 Å². The van der Waals surface area contributed by atoms with E-state index < -0.39 is 0 Å². The quantitative estimate of drug-likeness (QED) is 0.645. The molecule has 0 saturated carbocycles. The smallest absolute Gasteiger partial charge is 0.269 e. The molecule has 0 spiro atoms. The zero-order chi connectivity index (χ0) is 13.5. The summed E-state index contributed by atoms with van der Waals surface area (Å²) in [6.07, 6.45) is 5.14. The van der Waals surface area contributed by atoms with E-state index >= 15 is 0 Å². The summed E-state index contributed by atoms with van der Waals surface area (Å²) in [5, 5.41) is 7.79. The molecule has 0 aromatic carbocycles. The predicted molar refractivity (Wildman–Crippen MR) is 68.3 cm³/mol. The lowest BCUT2D eigenvalue weighted by molar-refractivity contribution is 0.0954. The number of hydrogen-bond donors (Lipinski definition) is 3. The van der Waals surface area contributed by atoms with Gasteiger partial charge in [-0.3, -0.25) is 9.59 Å². The van der Waals surface area contributed by atoms with Crippen LogP contribution < -0.4 is 16.0 Å². The maximum absolute atomic E-state index is 11.5. The lowest BCUT2D eigenvalue weighted by Crippen LogP contribution is -2.24. The van der Waals surface area contributed by atoms with Crippen LogP contribution in [0.3, 0.4) is 0 Å². The summed E-state index contributed by atoms with van der Waals surface area (Å²) in [6, 6.07) is 3.06. The van der Waals surface area contributed by atoms with E-state index in [0.29, 0.717) is 12.2 Å². The minimum absolute atomic E-state index is 0.151. The minimum Gasteiger partial charge on any atom is -0.374 e. The number of nitrogens with zero attached hydrogens (tertiary/aromatic N) is 1. The lowest BCUT2D eigenvalue weighted by Gasteiger charge is -2.08. The van der Waals surface area contributed by atoms with Gasteiger partial charge in [-0.2, -0.15) is 0 Å². The number of carbonyl (C=O) groups excluding carboxylic acids is 2. The van der Waals surface area contributed by atoms with E-state index in [9.17, 15) is 9.59 Å². The molecule has 1 heterocycles. The van der Waals surface area contributed by atoms with Crippen molar-refractivity contribution >= 4 is 17.5 Å². The van der Waals surface area contributed by atoms with Crippen LogP contribution in [0.2, 0.25) is 0 Å². The molecule has 0 aliphatic heterocycles. The summed E-state index contributed by atoms with van der Waals surface area (Å²) in [5.41, 5.74) is 0.872. The molecule has 0 radical (unpaired) electrons. The fourth-order valence-corrected chi connectivity index (χ4v) is 1.27. The lowest BCUT2D eigenvalue weighted by atomic mass is 10.2. The Morgan fingerprint density at radius 3 is 2.11 bits per heavy atom. The summed E-state index contributed by atoms with van der Waals surface area (Å²) >= 11 is 0. The van der Waals surface area contributed by atoms with Gasteiger partial charge in [-0.1, -0.05) is 5.92 Å². The van der Waals surface area contributed by atoms with Gasteiger partial charge in [0.25, 0.3) is 11.8 Å². The standard InChI is InChI=1S/C12H14N4O2/c1-4-5-15-8-6-9(11(17)13-2)16-10(7-8)12(18)14-3/h1,6-7H,5H2,2-3H3,(H,13,17)(H,14,18)(H,15,16). The van der Waals surface area contributed by atoms with Gasteiger partial charge in [0, 0.05) is 19.8 Å². The first kappa shape index (κ1) is 13.5. The summed E-state index contributed by atoms with van der Waals surface area (Å²) in [7, 11) is 2.98. The highest BCUT2D eigenvalue weighted by Crippen LogP contribution is 2.11. The van der Waals surface area contributed by atoms with Crippen LogP contribution in [0.25, 0.3) is 0 Å². The minimum atomic E-state index is -0.371. The highest BCUT2D eigenvalue weighted by molar-refractivity contribution is 5.97. The third-order valence-electron chi connectivity index (χ3n) is 2.14. The van der Waals surface area contributed by atoms with Gasteiger partial charge >= 0.3 is 0 Å². The largest absolute Gasteiger partial charge is 0.374 e. The van der Waals surface area contributed by atoms with Crippen LogP contribution >= 0.6 is 0 Å². The molecule has 0 atom stereocenters. The number of nitrogens with one attached hydrogen (secondary N) is 3. The molecule has 0 saturated heterocycles. The van der Waals surface area contributed by atoms with Crippen molar-refractivity contribution in [1.29, 1.82) is 0 Å². The van der Waals surface area contributed by atoms with Gasteiger partial charge in [-0.25, -0.2) is 4.98 Å². The van der Waals surface area contributed by atoms with Gasteiger partial charge in [0.05, 0.1) is 6.54 Å². The van der Waals surface area contributed by atoms with E-state index in [2.05, 4.69) is 26.9 Å². The Labute approximate surface area is 105 Å².